The fourth-order valence-corrected chi connectivity index (χ4v) is 2.73. The van der Waals surface area contributed by atoms with Gasteiger partial charge in [0.2, 0.25) is 0 Å². The van der Waals surface area contributed by atoms with Crippen LogP contribution in [0.4, 0.5) is 14.5 Å². The van der Waals surface area contributed by atoms with Gasteiger partial charge in [-0.15, -0.1) is 9.90 Å². The Kier molecular flexibility index (Phi) is 11.4. The summed E-state index contributed by atoms with van der Waals surface area (Å²) < 4.78 is 36.4. The van der Waals surface area contributed by atoms with Crippen molar-refractivity contribution in [2.75, 3.05) is 18.6 Å². The van der Waals surface area contributed by atoms with Gasteiger partial charge < -0.3 is 14.7 Å². The minimum absolute atomic E-state index is 0.0116. The third kappa shape index (κ3) is 8.81. The number of oxime groups is 1. The zero-order chi connectivity index (χ0) is 27.4. The lowest BCUT2D eigenvalue weighted by Crippen LogP contribution is -2.20. The number of hydrazone groups is 1. The van der Waals surface area contributed by atoms with Crippen molar-refractivity contribution in [1.82, 2.24) is 15.0 Å². The molecular formula is C22H20Cl2F2N6O5. The fraction of sp³-hybridized carbons (Fsp3) is 0.182. The molecule has 0 spiro atoms. The fourth-order valence-electron chi connectivity index (χ4n) is 2.41. The molecule has 0 unspecified atom stereocenters. The van der Waals surface area contributed by atoms with Gasteiger partial charge in [0.15, 0.2) is 17.2 Å². The van der Waals surface area contributed by atoms with Crippen molar-refractivity contribution in [3.05, 3.63) is 70.0 Å². The Morgan fingerprint density at radius 3 is 2.32 bits per heavy atom. The Morgan fingerprint density at radius 1 is 1.08 bits per heavy atom. The molecule has 1 aromatic heterocycles. The summed E-state index contributed by atoms with van der Waals surface area (Å²) in [6.07, 6.45) is 1.99. The molecule has 196 valence electrons. The Bertz CT molecular complexity index is 1300. The molecule has 0 aliphatic carbocycles. The number of nitrogens with zero attached hydrogens (tertiary/aromatic N) is 5. The third-order valence-corrected chi connectivity index (χ3v) is 4.46. The van der Waals surface area contributed by atoms with Crippen LogP contribution in [0.15, 0.2) is 52.9 Å². The molecule has 0 amide bonds. The third-order valence-electron chi connectivity index (χ3n) is 3.99. The van der Waals surface area contributed by atoms with Gasteiger partial charge in [0, 0.05) is 10.0 Å². The monoisotopic (exact) mass is 556 g/mol. The highest BCUT2D eigenvalue weighted by molar-refractivity contribution is 6.59. The average molecular weight is 557 g/mol. The average Bonchev–Trinajstić information content (AvgIpc) is 3.33. The van der Waals surface area contributed by atoms with Crippen LogP contribution >= 0.6 is 23.2 Å². The molecule has 0 saturated heterocycles. The van der Waals surface area contributed by atoms with Crippen LogP contribution in [0.1, 0.15) is 24.3 Å². The summed E-state index contributed by atoms with van der Waals surface area (Å²) in [4.78, 5) is 23.8. The zero-order valence-electron chi connectivity index (χ0n) is 19.4. The smallest absolute Gasteiger partial charge is 0.360 e. The highest BCUT2D eigenvalue weighted by Crippen LogP contribution is 2.19. The first kappa shape index (κ1) is 29.1. The number of hydrogen-bond donors (Lipinski definition) is 2. The highest BCUT2D eigenvalue weighted by atomic mass is 35.5. The van der Waals surface area contributed by atoms with Crippen molar-refractivity contribution in [3.63, 3.8) is 0 Å². The van der Waals surface area contributed by atoms with Crippen molar-refractivity contribution in [2.45, 2.75) is 13.8 Å². The molecule has 3 aromatic rings. The summed E-state index contributed by atoms with van der Waals surface area (Å²) in [6.45, 7) is 3.66. The van der Waals surface area contributed by atoms with E-state index < -0.39 is 23.6 Å². The Balaban J connectivity index is 0.000000260. The van der Waals surface area contributed by atoms with Crippen LogP contribution in [-0.2, 0) is 14.3 Å². The molecule has 0 saturated carbocycles. The second-order valence-electron chi connectivity index (χ2n) is 6.53. The van der Waals surface area contributed by atoms with Crippen LogP contribution in [-0.4, -0.2) is 57.3 Å². The van der Waals surface area contributed by atoms with Crippen molar-refractivity contribution >= 4 is 52.8 Å². The first-order valence-electron chi connectivity index (χ1n) is 10.4. The van der Waals surface area contributed by atoms with E-state index in [2.05, 4.69) is 30.6 Å². The number of esters is 2. The molecular weight excluding hydrogens is 537 g/mol. The predicted molar refractivity (Wildman–Crippen MR) is 132 cm³/mol. The van der Waals surface area contributed by atoms with Gasteiger partial charge in [0.25, 0.3) is 0 Å². The molecule has 3 rings (SSSR count). The van der Waals surface area contributed by atoms with Crippen molar-refractivity contribution < 1.29 is 33.1 Å². The topological polar surface area (TPSA) is 140 Å². The summed E-state index contributed by atoms with van der Waals surface area (Å²) in [6, 6.07) is 7.96. The van der Waals surface area contributed by atoms with E-state index in [1.165, 1.54) is 30.5 Å². The number of carbonyl (C=O) groups excluding carboxylic acids is 2. The van der Waals surface area contributed by atoms with Crippen molar-refractivity contribution in [1.29, 1.82) is 0 Å². The number of anilines is 1. The summed E-state index contributed by atoms with van der Waals surface area (Å²) in [5.41, 5.74) is 2.15. The molecule has 2 aromatic carbocycles. The number of halogens is 4. The molecule has 0 bridgehead atoms. The van der Waals surface area contributed by atoms with Gasteiger partial charge >= 0.3 is 11.9 Å². The summed E-state index contributed by atoms with van der Waals surface area (Å²) in [7, 11) is 0. The zero-order valence-corrected chi connectivity index (χ0v) is 20.9. The number of ether oxygens (including phenoxy) is 2. The van der Waals surface area contributed by atoms with Crippen LogP contribution in [0.25, 0.3) is 5.69 Å². The van der Waals surface area contributed by atoms with Crippen molar-refractivity contribution in [2.24, 2.45) is 10.3 Å². The molecule has 2 N–H and O–H groups in total. The van der Waals surface area contributed by atoms with E-state index in [1.54, 1.807) is 13.8 Å². The van der Waals surface area contributed by atoms with Crippen LogP contribution in [0.2, 0.25) is 10.0 Å². The standard InChI is InChI=1S/C11H11ClFN3O3.C11H9ClFN3O2/c1-2-19-11(17)10(6-14-18)16-15-9-4-3-7(12)5-8(9)13;1-2-18-11(17)9-6-14-16(15-9)10-4-3-7(12)5-8(10)13/h3-6,15,18H,2H2,1H3;3-6H,2H2,1H3/b14-6+,16-10+;. The van der Waals surface area contributed by atoms with Gasteiger partial charge in [-0.1, -0.05) is 28.4 Å². The number of benzene rings is 2. The van der Waals surface area contributed by atoms with E-state index in [9.17, 15) is 18.4 Å². The molecule has 0 aliphatic heterocycles. The van der Waals surface area contributed by atoms with Gasteiger partial charge in [-0.2, -0.15) is 10.2 Å². The van der Waals surface area contributed by atoms with E-state index in [4.69, 9.17) is 33.1 Å². The highest BCUT2D eigenvalue weighted by Gasteiger charge is 2.14. The maximum absolute atomic E-state index is 13.6. The van der Waals surface area contributed by atoms with Gasteiger partial charge in [-0.3, -0.25) is 5.43 Å². The van der Waals surface area contributed by atoms with Crippen LogP contribution in [0.3, 0.4) is 0 Å². The first-order chi connectivity index (χ1) is 17.7. The van der Waals surface area contributed by atoms with E-state index in [0.717, 1.165) is 23.1 Å². The van der Waals surface area contributed by atoms with E-state index in [1.807, 2.05) is 0 Å². The van der Waals surface area contributed by atoms with E-state index >= 15 is 0 Å². The predicted octanol–water partition coefficient (Wildman–Crippen LogP) is 4.51. The molecule has 0 radical (unpaired) electrons. The summed E-state index contributed by atoms with van der Waals surface area (Å²) in [5.74, 6) is -2.62. The molecule has 0 fully saturated rings. The van der Waals surface area contributed by atoms with Gasteiger partial charge in [0.1, 0.15) is 17.7 Å². The molecule has 15 heteroatoms. The quantitative estimate of drug-likeness (QED) is 0.179. The first-order valence-corrected chi connectivity index (χ1v) is 11.1. The number of aromatic nitrogens is 3. The van der Waals surface area contributed by atoms with Gasteiger partial charge in [-0.25, -0.2) is 18.4 Å². The maximum atomic E-state index is 13.6. The molecule has 0 atom stereocenters. The molecule has 1 heterocycles. The van der Waals surface area contributed by atoms with E-state index in [-0.39, 0.29) is 46.0 Å². The second kappa shape index (κ2) is 14.5. The minimum atomic E-state index is -0.804. The van der Waals surface area contributed by atoms with Crippen LogP contribution in [0, 0.1) is 11.6 Å². The molecule has 11 nitrogen and oxygen atoms in total. The largest absolute Gasteiger partial charge is 0.461 e. The number of rotatable bonds is 8. The molecule has 37 heavy (non-hydrogen) atoms. The lowest BCUT2D eigenvalue weighted by atomic mass is 10.3. The van der Waals surface area contributed by atoms with Gasteiger partial charge in [0.05, 0.1) is 25.1 Å². The maximum Gasteiger partial charge on any atom is 0.360 e. The number of nitrogens with one attached hydrogen (secondary N) is 1. The Morgan fingerprint density at radius 2 is 1.73 bits per heavy atom. The Labute approximate surface area is 219 Å². The van der Waals surface area contributed by atoms with Crippen molar-refractivity contribution in [3.8, 4) is 5.69 Å². The van der Waals surface area contributed by atoms with Crippen LogP contribution < -0.4 is 5.43 Å². The lowest BCUT2D eigenvalue weighted by molar-refractivity contribution is -0.134. The second-order valence-corrected chi connectivity index (χ2v) is 7.41. The summed E-state index contributed by atoms with van der Waals surface area (Å²) in [5, 5.41) is 22.8. The minimum Gasteiger partial charge on any atom is -0.461 e. The summed E-state index contributed by atoms with van der Waals surface area (Å²) >= 11 is 11.2. The molecule has 0 aliphatic rings. The van der Waals surface area contributed by atoms with Gasteiger partial charge in [-0.05, 0) is 50.2 Å². The SMILES string of the molecule is CCOC(=O)C(/C=N/O)=N/Nc1ccc(Cl)cc1F.CCOC(=O)c1cnn(-c2ccc(Cl)cc2F)n1. The number of hydrogen-bond acceptors (Lipinski definition) is 10. The van der Waals surface area contributed by atoms with E-state index in [0.29, 0.717) is 0 Å². The number of carbonyl (C=O) groups is 2. The normalized spacial score (nSPS) is 11.0. The lowest BCUT2D eigenvalue weighted by Gasteiger charge is -2.04. The van der Waals surface area contributed by atoms with Crippen LogP contribution in [0.5, 0.6) is 0 Å². The Hall–Kier alpha value is -4.10.